The molecule has 27 heavy (non-hydrogen) atoms. The van der Waals surface area contributed by atoms with E-state index < -0.39 is 34.7 Å². The van der Waals surface area contributed by atoms with Crippen LogP contribution in [-0.4, -0.2) is 29.8 Å². The fourth-order valence-electron chi connectivity index (χ4n) is 2.54. The Labute approximate surface area is 152 Å². The molecule has 1 saturated carbocycles. The average molecular weight is 380 g/mol. The van der Waals surface area contributed by atoms with Gasteiger partial charge in [0.2, 0.25) is 0 Å². The smallest absolute Gasteiger partial charge is 0.257 e. The van der Waals surface area contributed by atoms with E-state index in [1.165, 1.54) is 7.05 Å². The van der Waals surface area contributed by atoms with E-state index in [1.807, 2.05) is 0 Å². The number of benzene rings is 2. The summed E-state index contributed by atoms with van der Waals surface area (Å²) in [4.78, 5) is 25.2. The highest BCUT2D eigenvalue weighted by atomic mass is 19.2. The SMILES string of the molecule is CN(Cc1ccc(C(=O)NC2CC2)cc1)C(=O)c1cc(F)c(F)c(F)c1F. The van der Waals surface area contributed by atoms with Gasteiger partial charge in [0.1, 0.15) is 0 Å². The summed E-state index contributed by atoms with van der Waals surface area (Å²) < 4.78 is 53.4. The largest absolute Gasteiger partial charge is 0.349 e. The van der Waals surface area contributed by atoms with Crippen molar-refractivity contribution >= 4 is 11.8 Å². The van der Waals surface area contributed by atoms with Gasteiger partial charge in [-0.1, -0.05) is 12.1 Å². The molecule has 0 atom stereocenters. The van der Waals surface area contributed by atoms with Crippen LogP contribution >= 0.6 is 0 Å². The maximum Gasteiger partial charge on any atom is 0.257 e. The summed E-state index contributed by atoms with van der Waals surface area (Å²) in [6.07, 6.45) is 1.94. The molecule has 0 heterocycles. The summed E-state index contributed by atoms with van der Waals surface area (Å²) in [6, 6.07) is 6.97. The van der Waals surface area contributed by atoms with Crippen molar-refractivity contribution in [2.75, 3.05) is 7.05 Å². The first-order valence-corrected chi connectivity index (χ1v) is 8.26. The summed E-state index contributed by atoms with van der Waals surface area (Å²) in [5.74, 6) is -8.56. The van der Waals surface area contributed by atoms with Crippen LogP contribution in [0.5, 0.6) is 0 Å². The Morgan fingerprint density at radius 3 is 2.26 bits per heavy atom. The maximum absolute atomic E-state index is 13.8. The molecule has 1 aliphatic carbocycles. The second kappa shape index (κ2) is 7.38. The van der Waals surface area contributed by atoms with Crippen LogP contribution in [0.2, 0.25) is 0 Å². The van der Waals surface area contributed by atoms with Crippen LogP contribution in [0.25, 0.3) is 0 Å². The number of halogens is 4. The molecular weight excluding hydrogens is 364 g/mol. The minimum atomic E-state index is -2.03. The second-order valence-corrected chi connectivity index (χ2v) is 6.45. The quantitative estimate of drug-likeness (QED) is 0.491. The highest BCUT2D eigenvalue weighted by Crippen LogP contribution is 2.21. The van der Waals surface area contributed by atoms with Crippen molar-refractivity contribution in [2.24, 2.45) is 0 Å². The summed E-state index contributed by atoms with van der Waals surface area (Å²) in [5.41, 5.74) is 0.194. The Morgan fingerprint density at radius 2 is 1.67 bits per heavy atom. The number of rotatable bonds is 5. The first-order chi connectivity index (χ1) is 12.8. The molecule has 2 aromatic carbocycles. The molecule has 0 aromatic heterocycles. The van der Waals surface area contributed by atoms with Gasteiger partial charge in [0.25, 0.3) is 11.8 Å². The lowest BCUT2D eigenvalue weighted by molar-refractivity contribution is 0.0777. The Morgan fingerprint density at radius 1 is 1.04 bits per heavy atom. The van der Waals surface area contributed by atoms with Gasteiger partial charge >= 0.3 is 0 Å². The van der Waals surface area contributed by atoms with Crippen molar-refractivity contribution in [1.82, 2.24) is 10.2 Å². The van der Waals surface area contributed by atoms with E-state index in [2.05, 4.69) is 5.32 Å². The Kier molecular flexibility index (Phi) is 5.16. The fraction of sp³-hybridized carbons (Fsp3) is 0.263. The van der Waals surface area contributed by atoms with Gasteiger partial charge < -0.3 is 10.2 Å². The highest BCUT2D eigenvalue weighted by molar-refractivity contribution is 5.95. The number of nitrogens with one attached hydrogen (secondary N) is 1. The number of amides is 2. The molecule has 4 nitrogen and oxygen atoms in total. The molecule has 2 aromatic rings. The number of hydrogen-bond donors (Lipinski definition) is 1. The fourth-order valence-corrected chi connectivity index (χ4v) is 2.54. The first-order valence-electron chi connectivity index (χ1n) is 8.26. The van der Waals surface area contributed by atoms with Crippen LogP contribution in [-0.2, 0) is 6.54 Å². The lowest BCUT2D eigenvalue weighted by atomic mass is 10.1. The lowest BCUT2D eigenvalue weighted by Gasteiger charge is -2.18. The molecule has 3 rings (SSSR count). The molecule has 0 radical (unpaired) electrons. The van der Waals surface area contributed by atoms with Gasteiger partial charge in [-0.25, -0.2) is 17.6 Å². The van der Waals surface area contributed by atoms with Crippen LogP contribution in [0.3, 0.4) is 0 Å². The minimum Gasteiger partial charge on any atom is -0.349 e. The standard InChI is InChI=1S/C19H16F4N2O2/c1-25(19(27)13-8-14(20)16(22)17(23)15(13)21)9-10-2-4-11(5-3-10)18(26)24-12-6-7-12/h2-5,8,12H,6-7,9H2,1H3,(H,24,26). The molecule has 8 heteroatoms. The Bertz CT molecular complexity index is 896. The number of hydrogen-bond acceptors (Lipinski definition) is 2. The zero-order valence-electron chi connectivity index (χ0n) is 14.4. The highest BCUT2D eigenvalue weighted by Gasteiger charge is 2.25. The third-order valence-electron chi connectivity index (χ3n) is 4.23. The molecule has 1 fully saturated rings. The zero-order valence-corrected chi connectivity index (χ0v) is 14.4. The van der Waals surface area contributed by atoms with Crippen LogP contribution in [0, 0.1) is 23.3 Å². The molecule has 0 unspecified atom stereocenters. The molecule has 2 amide bonds. The Hall–Kier alpha value is -2.90. The van der Waals surface area contributed by atoms with Crippen LogP contribution < -0.4 is 5.32 Å². The van der Waals surface area contributed by atoms with E-state index in [9.17, 15) is 27.2 Å². The van der Waals surface area contributed by atoms with Gasteiger partial charge in [-0.2, -0.15) is 0 Å². The van der Waals surface area contributed by atoms with Crippen LogP contribution in [0.1, 0.15) is 39.1 Å². The number of carbonyl (C=O) groups excluding carboxylic acids is 2. The predicted molar refractivity (Wildman–Crippen MR) is 89.0 cm³/mol. The topological polar surface area (TPSA) is 49.4 Å². The zero-order chi connectivity index (χ0) is 19.7. The van der Waals surface area contributed by atoms with Crippen molar-refractivity contribution in [2.45, 2.75) is 25.4 Å². The van der Waals surface area contributed by atoms with Gasteiger partial charge in [-0.15, -0.1) is 0 Å². The van der Waals surface area contributed by atoms with E-state index in [0.717, 1.165) is 17.7 Å². The van der Waals surface area contributed by atoms with E-state index >= 15 is 0 Å². The minimum absolute atomic E-state index is 0.00338. The predicted octanol–water partition coefficient (Wildman–Crippen LogP) is 3.41. The third kappa shape index (κ3) is 4.10. The molecule has 0 bridgehead atoms. The monoisotopic (exact) mass is 380 g/mol. The molecule has 1 N–H and O–H groups in total. The second-order valence-electron chi connectivity index (χ2n) is 6.45. The molecular formula is C19H16F4N2O2. The molecule has 1 aliphatic rings. The van der Waals surface area contributed by atoms with Gasteiger partial charge in [0.15, 0.2) is 23.3 Å². The van der Waals surface area contributed by atoms with E-state index in [-0.39, 0.29) is 18.5 Å². The normalized spacial score (nSPS) is 13.4. The maximum atomic E-state index is 13.8. The summed E-state index contributed by atoms with van der Waals surface area (Å²) in [5, 5.41) is 2.84. The van der Waals surface area contributed by atoms with Gasteiger partial charge in [0, 0.05) is 25.2 Å². The van der Waals surface area contributed by atoms with E-state index in [0.29, 0.717) is 17.2 Å². The van der Waals surface area contributed by atoms with Gasteiger partial charge in [-0.3, -0.25) is 9.59 Å². The number of carbonyl (C=O) groups is 2. The third-order valence-corrected chi connectivity index (χ3v) is 4.23. The summed E-state index contributed by atoms with van der Waals surface area (Å²) >= 11 is 0. The molecule has 0 spiro atoms. The van der Waals surface area contributed by atoms with Gasteiger partial charge in [-0.05, 0) is 36.6 Å². The first kappa shape index (κ1) is 18.9. The number of nitrogens with zero attached hydrogens (tertiary/aromatic N) is 1. The van der Waals surface area contributed by atoms with E-state index in [1.54, 1.807) is 24.3 Å². The molecule has 0 saturated heterocycles. The van der Waals surface area contributed by atoms with Crippen molar-refractivity contribution in [3.05, 3.63) is 70.3 Å². The summed E-state index contributed by atoms with van der Waals surface area (Å²) in [7, 11) is 1.31. The molecule has 142 valence electrons. The van der Waals surface area contributed by atoms with Crippen molar-refractivity contribution in [1.29, 1.82) is 0 Å². The lowest BCUT2D eigenvalue weighted by Crippen LogP contribution is -2.28. The van der Waals surface area contributed by atoms with Crippen molar-refractivity contribution in [3.8, 4) is 0 Å². The molecule has 0 aliphatic heterocycles. The van der Waals surface area contributed by atoms with Crippen LogP contribution in [0.4, 0.5) is 17.6 Å². The summed E-state index contributed by atoms with van der Waals surface area (Å²) in [6.45, 7) is 0.00338. The van der Waals surface area contributed by atoms with E-state index in [4.69, 9.17) is 0 Å². The van der Waals surface area contributed by atoms with Crippen LogP contribution in [0.15, 0.2) is 30.3 Å². The van der Waals surface area contributed by atoms with Crippen molar-refractivity contribution < 1.29 is 27.2 Å². The van der Waals surface area contributed by atoms with Gasteiger partial charge in [0.05, 0.1) is 5.56 Å². The average Bonchev–Trinajstić information content (AvgIpc) is 3.46. The Balaban J connectivity index is 1.70. The van der Waals surface area contributed by atoms with Crippen molar-refractivity contribution in [3.63, 3.8) is 0 Å².